The number of hydrogen-bond acceptors (Lipinski definition) is 8. The zero-order valence-corrected chi connectivity index (χ0v) is 26.0. The zero-order chi connectivity index (χ0) is 31.0. The summed E-state index contributed by atoms with van der Waals surface area (Å²) in [4.78, 5) is 15.4. The highest BCUT2D eigenvalue weighted by Gasteiger charge is 2.36. The average molecular weight is 617 g/mol. The van der Waals surface area contributed by atoms with E-state index in [0.717, 1.165) is 27.5 Å². The van der Waals surface area contributed by atoms with Crippen molar-refractivity contribution in [1.82, 2.24) is 29.5 Å². The van der Waals surface area contributed by atoms with Gasteiger partial charge in [0, 0.05) is 49.6 Å². The highest BCUT2D eigenvalue weighted by Crippen LogP contribution is 2.35. The minimum absolute atomic E-state index is 0.0490. The molecular weight excluding hydrogens is 580 g/mol. The lowest BCUT2D eigenvalue weighted by Crippen LogP contribution is -2.50. The van der Waals surface area contributed by atoms with Crippen molar-refractivity contribution in [2.24, 2.45) is 0 Å². The molecule has 0 saturated carbocycles. The van der Waals surface area contributed by atoms with Crippen LogP contribution in [0, 0.1) is 0 Å². The van der Waals surface area contributed by atoms with Crippen molar-refractivity contribution in [3.05, 3.63) is 90.0 Å². The molecule has 2 atom stereocenters. The maximum atomic E-state index is 13.9. The molecule has 4 aromatic rings. The minimum atomic E-state index is -4.08. The van der Waals surface area contributed by atoms with Crippen molar-refractivity contribution in [1.29, 1.82) is 0 Å². The van der Waals surface area contributed by atoms with Gasteiger partial charge in [-0.3, -0.25) is 14.0 Å². The number of nitrogens with one attached hydrogen (secondary N) is 1. The quantitative estimate of drug-likeness (QED) is 0.301. The number of benzene rings is 3. The third-order valence-electron chi connectivity index (χ3n) is 8.33. The van der Waals surface area contributed by atoms with E-state index in [-0.39, 0.29) is 17.4 Å². The van der Waals surface area contributed by atoms with Crippen LogP contribution in [0.2, 0.25) is 0 Å². The van der Waals surface area contributed by atoms with Gasteiger partial charge in [-0.25, -0.2) is 13.1 Å². The Bertz CT molecular complexity index is 1840. The summed E-state index contributed by atoms with van der Waals surface area (Å²) in [7, 11) is -0.422. The molecular formula is C32H36N6O5S. The Morgan fingerprint density at radius 3 is 2.73 bits per heavy atom. The number of sulfonamides is 1. The first-order valence-corrected chi connectivity index (χ1v) is 16.0. The smallest absolute Gasteiger partial charge is 0.264 e. The Balaban J connectivity index is 1.24. The number of carbonyl (C=O) groups is 1. The molecule has 3 heterocycles. The predicted molar refractivity (Wildman–Crippen MR) is 166 cm³/mol. The Labute approximate surface area is 257 Å². The highest BCUT2D eigenvalue weighted by atomic mass is 32.2. The van der Waals surface area contributed by atoms with Crippen molar-refractivity contribution in [3.8, 4) is 11.5 Å². The summed E-state index contributed by atoms with van der Waals surface area (Å²) in [5.74, 6) is 1.01. The molecule has 0 fully saturated rings. The van der Waals surface area contributed by atoms with Gasteiger partial charge in [-0.15, -0.1) is 5.10 Å². The number of methoxy groups -OCH3 is 1. The predicted octanol–water partition coefficient (Wildman–Crippen LogP) is 3.86. The van der Waals surface area contributed by atoms with Crippen LogP contribution < -0.4 is 14.8 Å². The molecule has 12 heteroatoms. The summed E-state index contributed by atoms with van der Waals surface area (Å²) in [6.45, 7) is 5.68. The third-order valence-corrected chi connectivity index (χ3v) is 10.1. The van der Waals surface area contributed by atoms with Gasteiger partial charge < -0.3 is 14.8 Å². The fourth-order valence-corrected chi connectivity index (χ4v) is 7.05. The van der Waals surface area contributed by atoms with E-state index in [2.05, 4.69) is 59.6 Å². The molecule has 1 N–H and O–H groups in total. The first kappa shape index (κ1) is 29.6. The van der Waals surface area contributed by atoms with Gasteiger partial charge in [-0.05, 0) is 67.6 Å². The highest BCUT2D eigenvalue weighted by molar-refractivity contribution is 7.89. The van der Waals surface area contributed by atoms with Crippen LogP contribution in [0.5, 0.6) is 11.5 Å². The monoisotopic (exact) mass is 616 g/mol. The molecule has 1 amide bonds. The molecule has 44 heavy (non-hydrogen) atoms. The standard InChI is InChI=1S/C32H36N6O5S/c1-21(2)36(3)19-22-5-10-28-29(11-14-43-31(28)15-22)37-20-25(34-35-37)18-30-32(39)33-12-13-38(30)44(40,41)27-9-7-23-6-8-26(42-4)16-24(23)17-27/h5-10,12-13,15-17,20-21,29-30H,11,14,18-19H2,1-4H3,(H,33,39). The zero-order valence-electron chi connectivity index (χ0n) is 25.2. The third kappa shape index (κ3) is 5.74. The summed E-state index contributed by atoms with van der Waals surface area (Å²) in [6, 6.07) is 15.9. The van der Waals surface area contributed by atoms with Crippen molar-refractivity contribution in [2.75, 3.05) is 20.8 Å². The van der Waals surface area contributed by atoms with Crippen LogP contribution in [0.3, 0.4) is 0 Å². The van der Waals surface area contributed by atoms with E-state index in [1.54, 1.807) is 42.3 Å². The van der Waals surface area contributed by atoms with Gasteiger partial charge in [-0.1, -0.05) is 29.5 Å². The maximum Gasteiger partial charge on any atom is 0.264 e. The molecule has 0 saturated heterocycles. The molecule has 11 nitrogen and oxygen atoms in total. The molecule has 2 aliphatic heterocycles. The molecule has 2 unspecified atom stereocenters. The molecule has 0 radical (unpaired) electrons. The topological polar surface area (TPSA) is 119 Å². The van der Waals surface area contributed by atoms with E-state index < -0.39 is 22.0 Å². The van der Waals surface area contributed by atoms with Crippen LogP contribution >= 0.6 is 0 Å². The van der Waals surface area contributed by atoms with E-state index in [0.29, 0.717) is 35.9 Å². The van der Waals surface area contributed by atoms with Gasteiger partial charge in [0.1, 0.15) is 17.5 Å². The van der Waals surface area contributed by atoms with Crippen molar-refractivity contribution < 1.29 is 22.7 Å². The summed E-state index contributed by atoms with van der Waals surface area (Å²) < 4.78 is 41.9. The largest absolute Gasteiger partial charge is 0.497 e. The molecule has 230 valence electrons. The van der Waals surface area contributed by atoms with E-state index >= 15 is 0 Å². The van der Waals surface area contributed by atoms with Crippen LogP contribution in [0.25, 0.3) is 10.8 Å². The summed E-state index contributed by atoms with van der Waals surface area (Å²) in [5, 5.41) is 13.0. The lowest BCUT2D eigenvalue weighted by Gasteiger charge is -2.31. The average Bonchev–Trinajstić information content (AvgIpc) is 3.49. The first-order chi connectivity index (χ1) is 21.1. The van der Waals surface area contributed by atoms with Gasteiger partial charge in [0.25, 0.3) is 10.0 Å². The number of amides is 1. The number of hydrogen-bond donors (Lipinski definition) is 1. The second kappa shape index (κ2) is 11.9. The SMILES string of the molecule is COc1ccc2ccc(S(=O)(=O)N3C=CNC(=O)C3Cc3cn(C4CCOc5cc(CN(C)C(C)C)ccc54)nn3)cc2c1. The number of rotatable bonds is 9. The van der Waals surface area contributed by atoms with Crippen LogP contribution in [-0.2, 0) is 27.8 Å². The summed E-state index contributed by atoms with van der Waals surface area (Å²) in [6.07, 6.45) is 5.27. The Morgan fingerprint density at radius 1 is 1.11 bits per heavy atom. The molecule has 0 aliphatic carbocycles. The molecule has 2 aliphatic rings. The van der Waals surface area contributed by atoms with E-state index in [4.69, 9.17) is 9.47 Å². The van der Waals surface area contributed by atoms with Crippen LogP contribution in [0.1, 0.15) is 43.1 Å². The molecule has 0 spiro atoms. The van der Waals surface area contributed by atoms with Crippen LogP contribution in [0.15, 0.2) is 78.1 Å². The molecule has 6 rings (SSSR count). The fraction of sp³-hybridized carbons (Fsp3) is 0.344. The van der Waals surface area contributed by atoms with Crippen LogP contribution in [-0.4, -0.2) is 71.4 Å². The number of ether oxygens (including phenoxy) is 2. The van der Waals surface area contributed by atoms with Gasteiger partial charge in [0.15, 0.2) is 0 Å². The van der Waals surface area contributed by atoms with Crippen molar-refractivity contribution >= 4 is 26.7 Å². The minimum Gasteiger partial charge on any atom is -0.497 e. The normalized spacial score (nSPS) is 18.4. The second-order valence-corrected chi connectivity index (χ2v) is 13.3. The Kier molecular flexibility index (Phi) is 8.04. The molecule has 1 aromatic heterocycles. The fourth-order valence-electron chi connectivity index (χ4n) is 5.57. The first-order valence-electron chi connectivity index (χ1n) is 14.6. The van der Waals surface area contributed by atoms with Crippen molar-refractivity contribution in [2.45, 2.75) is 56.3 Å². The Morgan fingerprint density at radius 2 is 1.93 bits per heavy atom. The van der Waals surface area contributed by atoms with E-state index in [1.807, 2.05) is 12.1 Å². The van der Waals surface area contributed by atoms with Gasteiger partial charge >= 0.3 is 0 Å². The summed E-state index contributed by atoms with van der Waals surface area (Å²) in [5.41, 5.74) is 2.69. The van der Waals surface area contributed by atoms with E-state index in [9.17, 15) is 13.2 Å². The lowest BCUT2D eigenvalue weighted by atomic mass is 9.98. The van der Waals surface area contributed by atoms with Gasteiger partial charge in [-0.2, -0.15) is 0 Å². The lowest BCUT2D eigenvalue weighted by molar-refractivity contribution is -0.124. The second-order valence-electron chi connectivity index (χ2n) is 11.5. The van der Waals surface area contributed by atoms with Gasteiger partial charge in [0.05, 0.1) is 30.3 Å². The number of fused-ring (bicyclic) bond motifs is 2. The van der Waals surface area contributed by atoms with Crippen LogP contribution in [0.4, 0.5) is 0 Å². The summed E-state index contributed by atoms with van der Waals surface area (Å²) >= 11 is 0. The number of aromatic nitrogens is 3. The molecule has 0 bridgehead atoms. The Hall–Kier alpha value is -4.42. The number of carbonyl (C=O) groups excluding carboxylic acids is 1. The van der Waals surface area contributed by atoms with E-state index in [1.165, 1.54) is 18.0 Å². The maximum absolute atomic E-state index is 13.9. The van der Waals surface area contributed by atoms with Gasteiger partial charge in [0.2, 0.25) is 5.91 Å². The van der Waals surface area contributed by atoms with Crippen molar-refractivity contribution in [3.63, 3.8) is 0 Å². The number of nitrogens with zero attached hydrogens (tertiary/aromatic N) is 5. The molecule has 3 aromatic carbocycles.